The maximum Gasteiger partial charge on any atom is 0.161 e. The Hall–Kier alpha value is -0.000000000000000111. The van der Waals surface area contributed by atoms with Gasteiger partial charge in [0.2, 0.25) is 0 Å². The lowest BCUT2D eigenvalue weighted by Gasteiger charge is -2.12. The zero-order valence-electron chi connectivity index (χ0n) is 10.5. The predicted octanol–water partition coefficient (Wildman–Crippen LogP) is 5.20. The highest BCUT2D eigenvalue weighted by molar-refractivity contribution is 9.11. The van der Waals surface area contributed by atoms with Crippen molar-refractivity contribution in [3.05, 3.63) is 26.6 Å². The second-order valence-electron chi connectivity index (χ2n) is 4.40. The molecule has 2 rings (SSSR count). The largest absolute Gasteiger partial charge is 0.333 e. The van der Waals surface area contributed by atoms with E-state index in [4.69, 9.17) is 0 Å². The fraction of sp³-hybridized carbons (Fsp3) is 0.462. The maximum atomic E-state index is 4.56. The fourth-order valence-electron chi connectivity index (χ4n) is 1.88. The van der Waals surface area contributed by atoms with Crippen molar-refractivity contribution in [3.63, 3.8) is 0 Å². The number of halogens is 2. The average Bonchev–Trinajstić information content (AvgIpc) is 2.72. The molecule has 18 heavy (non-hydrogen) atoms. The van der Waals surface area contributed by atoms with Gasteiger partial charge in [-0.3, -0.25) is 4.99 Å². The molecule has 5 heteroatoms. The standard InChI is InChI=1S/C13H16Br2N2S/c1-3-4-9-7-16-13(18-9)17-12-10(14)5-8(2)6-11(12)15/h5-6,9H,3-4,7H2,1-2H3,(H,16,17). The van der Waals surface area contributed by atoms with E-state index >= 15 is 0 Å². The molecule has 1 unspecified atom stereocenters. The number of nitrogens with zero attached hydrogens (tertiary/aromatic N) is 1. The van der Waals surface area contributed by atoms with E-state index in [9.17, 15) is 0 Å². The summed E-state index contributed by atoms with van der Waals surface area (Å²) < 4.78 is 2.13. The number of thioether (sulfide) groups is 1. The summed E-state index contributed by atoms with van der Waals surface area (Å²) in [5.74, 6) is 0. The number of aryl methyl sites for hydroxylation is 1. The van der Waals surface area contributed by atoms with Crippen molar-refractivity contribution < 1.29 is 0 Å². The molecule has 98 valence electrons. The first-order valence-corrected chi connectivity index (χ1v) is 8.50. The van der Waals surface area contributed by atoms with E-state index < -0.39 is 0 Å². The first kappa shape index (κ1) is 14.4. The highest BCUT2D eigenvalue weighted by Crippen LogP contribution is 2.34. The minimum absolute atomic E-state index is 0.639. The molecule has 1 aromatic rings. The third-order valence-corrected chi connectivity index (χ3v) is 5.17. The minimum atomic E-state index is 0.639. The average molecular weight is 392 g/mol. The van der Waals surface area contributed by atoms with Gasteiger partial charge in [-0.25, -0.2) is 0 Å². The van der Waals surface area contributed by atoms with Crippen LogP contribution in [0.4, 0.5) is 5.69 Å². The van der Waals surface area contributed by atoms with Crippen LogP contribution >= 0.6 is 43.6 Å². The van der Waals surface area contributed by atoms with Crippen LogP contribution in [0.3, 0.4) is 0 Å². The molecule has 0 amide bonds. The second-order valence-corrected chi connectivity index (χ2v) is 7.40. The Labute approximate surface area is 129 Å². The monoisotopic (exact) mass is 390 g/mol. The van der Waals surface area contributed by atoms with E-state index in [1.165, 1.54) is 18.4 Å². The molecule has 0 aromatic heterocycles. The van der Waals surface area contributed by atoms with Crippen LogP contribution in [0.2, 0.25) is 0 Å². The summed E-state index contributed by atoms with van der Waals surface area (Å²) in [7, 11) is 0. The number of aliphatic imine (C=N–C) groups is 1. The third kappa shape index (κ3) is 3.52. The first-order valence-electron chi connectivity index (χ1n) is 6.04. The summed E-state index contributed by atoms with van der Waals surface area (Å²) in [6, 6.07) is 4.22. The Bertz CT molecular complexity index is 451. The van der Waals surface area contributed by atoms with Crippen molar-refractivity contribution in [3.8, 4) is 0 Å². The molecule has 1 aliphatic heterocycles. The topological polar surface area (TPSA) is 24.4 Å². The molecule has 0 fully saturated rings. The number of rotatable bonds is 3. The summed E-state index contributed by atoms with van der Waals surface area (Å²) in [6.45, 7) is 5.24. The molecule has 0 bridgehead atoms. The molecule has 0 saturated heterocycles. The zero-order valence-corrected chi connectivity index (χ0v) is 14.5. The highest BCUT2D eigenvalue weighted by Gasteiger charge is 2.20. The molecule has 1 atom stereocenters. The zero-order chi connectivity index (χ0) is 13.1. The predicted molar refractivity (Wildman–Crippen MR) is 88.8 cm³/mol. The van der Waals surface area contributed by atoms with Crippen molar-refractivity contribution >= 4 is 54.5 Å². The summed E-state index contributed by atoms with van der Waals surface area (Å²) in [5, 5.41) is 5.08. The van der Waals surface area contributed by atoms with Gasteiger partial charge < -0.3 is 5.32 Å². The fourth-order valence-corrected chi connectivity index (χ4v) is 4.63. The first-order chi connectivity index (χ1) is 8.60. The lowest BCUT2D eigenvalue weighted by atomic mass is 10.2. The molecule has 0 aliphatic carbocycles. The number of benzene rings is 1. The summed E-state index contributed by atoms with van der Waals surface area (Å²) in [5.41, 5.74) is 2.29. The van der Waals surface area contributed by atoms with E-state index in [2.05, 4.69) is 68.1 Å². The van der Waals surface area contributed by atoms with Crippen molar-refractivity contribution in [1.29, 1.82) is 0 Å². The van der Waals surface area contributed by atoms with E-state index in [-0.39, 0.29) is 0 Å². The quantitative estimate of drug-likeness (QED) is 0.765. The van der Waals surface area contributed by atoms with Gasteiger partial charge in [0.15, 0.2) is 5.17 Å². The highest BCUT2D eigenvalue weighted by atomic mass is 79.9. The SMILES string of the molecule is CCCC1CN=C(Nc2c(Br)cc(C)cc2Br)S1. The molecule has 1 aliphatic rings. The lowest BCUT2D eigenvalue weighted by Crippen LogP contribution is -2.08. The van der Waals surface area contributed by atoms with Crippen LogP contribution < -0.4 is 5.32 Å². The number of hydrogen-bond donors (Lipinski definition) is 1. The Kier molecular flexibility index (Phi) is 5.15. The molecule has 1 N–H and O–H groups in total. The summed E-state index contributed by atoms with van der Waals surface area (Å²) >= 11 is 9.04. The third-order valence-electron chi connectivity index (χ3n) is 2.75. The lowest BCUT2D eigenvalue weighted by molar-refractivity contribution is 0.754. The summed E-state index contributed by atoms with van der Waals surface area (Å²) in [6.07, 6.45) is 2.45. The number of anilines is 1. The van der Waals surface area contributed by atoms with Crippen LogP contribution in [0.5, 0.6) is 0 Å². The van der Waals surface area contributed by atoms with Gasteiger partial charge in [-0.1, -0.05) is 25.1 Å². The van der Waals surface area contributed by atoms with Crippen LogP contribution in [-0.4, -0.2) is 17.0 Å². The Morgan fingerprint density at radius 2 is 2.06 bits per heavy atom. The van der Waals surface area contributed by atoms with Crippen LogP contribution in [0, 0.1) is 6.92 Å². The Morgan fingerprint density at radius 1 is 1.39 bits per heavy atom. The van der Waals surface area contributed by atoms with Gasteiger partial charge in [0.25, 0.3) is 0 Å². The van der Waals surface area contributed by atoms with Gasteiger partial charge >= 0.3 is 0 Å². The van der Waals surface area contributed by atoms with Gasteiger partial charge in [-0.15, -0.1) is 0 Å². The molecule has 1 aromatic carbocycles. The van der Waals surface area contributed by atoms with E-state index in [1.54, 1.807) is 0 Å². The van der Waals surface area contributed by atoms with Crippen LogP contribution in [-0.2, 0) is 0 Å². The van der Waals surface area contributed by atoms with Gasteiger partial charge in [-0.05, 0) is 62.9 Å². The molecule has 0 saturated carbocycles. The smallest absolute Gasteiger partial charge is 0.161 e. The van der Waals surface area contributed by atoms with Crippen LogP contribution in [0.25, 0.3) is 0 Å². The van der Waals surface area contributed by atoms with Crippen molar-refractivity contribution in [2.45, 2.75) is 31.9 Å². The Balaban J connectivity index is 2.07. The molecular weight excluding hydrogens is 376 g/mol. The van der Waals surface area contributed by atoms with Gasteiger partial charge in [-0.2, -0.15) is 0 Å². The maximum absolute atomic E-state index is 4.56. The summed E-state index contributed by atoms with van der Waals surface area (Å²) in [4.78, 5) is 4.56. The molecule has 0 spiro atoms. The van der Waals surface area contributed by atoms with Gasteiger partial charge in [0.1, 0.15) is 0 Å². The van der Waals surface area contributed by atoms with Crippen LogP contribution in [0.1, 0.15) is 25.3 Å². The Morgan fingerprint density at radius 3 is 2.67 bits per heavy atom. The number of nitrogens with one attached hydrogen (secondary N) is 1. The minimum Gasteiger partial charge on any atom is -0.333 e. The number of amidine groups is 1. The van der Waals surface area contributed by atoms with Crippen LogP contribution in [0.15, 0.2) is 26.1 Å². The van der Waals surface area contributed by atoms with E-state index in [0.717, 1.165) is 26.3 Å². The normalized spacial score (nSPS) is 18.9. The van der Waals surface area contributed by atoms with Crippen molar-refractivity contribution in [1.82, 2.24) is 0 Å². The van der Waals surface area contributed by atoms with E-state index in [1.807, 2.05) is 11.8 Å². The van der Waals surface area contributed by atoms with Crippen molar-refractivity contribution in [2.24, 2.45) is 4.99 Å². The molecule has 2 nitrogen and oxygen atoms in total. The second kappa shape index (κ2) is 6.44. The van der Waals surface area contributed by atoms with Gasteiger partial charge in [0, 0.05) is 14.2 Å². The number of hydrogen-bond acceptors (Lipinski definition) is 3. The molecule has 0 radical (unpaired) electrons. The van der Waals surface area contributed by atoms with Gasteiger partial charge in [0.05, 0.1) is 12.2 Å². The molecule has 1 heterocycles. The van der Waals surface area contributed by atoms with Crippen molar-refractivity contribution in [2.75, 3.05) is 11.9 Å². The van der Waals surface area contributed by atoms with E-state index in [0.29, 0.717) is 5.25 Å². The molecular formula is C13H16Br2N2S.